The number of amides is 2. The predicted octanol–water partition coefficient (Wildman–Crippen LogP) is 3.85. The quantitative estimate of drug-likeness (QED) is 0.520. The number of benzene rings is 2. The van der Waals surface area contributed by atoms with Gasteiger partial charge in [-0.3, -0.25) is 9.59 Å². The van der Waals surface area contributed by atoms with E-state index in [2.05, 4.69) is 11.9 Å². The molecule has 3 aromatic rings. The molecule has 0 unspecified atom stereocenters. The number of fused-ring (bicyclic) bond motifs is 1. The third-order valence-corrected chi connectivity index (χ3v) is 8.23. The summed E-state index contributed by atoms with van der Waals surface area (Å²) in [4.78, 5) is 26.8. The number of nitrogens with one attached hydrogen (secondary N) is 1. The van der Waals surface area contributed by atoms with Crippen molar-refractivity contribution < 1.29 is 18.0 Å². The second-order valence-corrected chi connectivity index (χ2v) is 10.8. The van der Waals surface area contributed by atoms with E-state index >= 15 is 0 Å². The van der Waals surface area contributed by atoms with Crippen LogP contribution < -0.4 is 5.32 Å². The van der Waals surface area contributed by atoms with Gasteiger partial charge in [0.25, 0.3) is 5.91 Å². The summed E-state index contributed by atoms with van der Waals surface area (Å²) in [5.74, 6) is -0.483. The lowest BCUT2D eigenvalue weighted by Crippen LogP contribution is -2.27. The predicted molar refractivity (Wildman–Crippen MR) is 128 cm³/mol. The Hall–Kier alpha value is -3.27. The van der Waals surface area contributed by atoms with Crippen LogP contribution >= 0.6 is 11.3 Å². The first kappa shape index (κ1) is 22.9. The van der Waals surface area contributed by atoms with Gasteiger partial charge in [-0.2, -0.15) is 4.31 Å². The molecule has 33 heavy (non-hydrogen) atoms. The number of hydrogen-bond acceptors (Lipinski definition) is 5. The molecule has 0 aliphatic carbocycles. The van der Waals surface area contributed by atoms with E-state index in [1.807, 2.05) is 30.3 Å². The molecular formula is C24H23N3O4S2. The third kappa shape index (κ3) is 4.90. The van der Waals surface area contributed by atoms with E-state index in [9.17, 15) is 18.0 Å². The summed E-state index contributed by atoms with van der Waals surface area (Å²) in [6.45, 7) is 4.37. The summed E-state index contributed by atoms with van der Waals surface area (Å²) >= 11 is 1.35. The summed E-state index contributed by atoms with van der Waals surface area (Å²) in [7, 11) is -2.00. The van der Waals surface area contributed by atoms with Gasteiger partial charge in [0, 0.05) is 37.1 Å². The molecule has 0 fully saturated rings. The van der Waals surface area contributed by atoms with Crippen LogP contribution in [0.1, 0.15) is 26.4 Å². The van der Waals surface area contributed by atoms with Crippen LogP contribution in [0.2, 0.25) is 0 Å². The van der Waals surface area contributed by atoms with Gasteiger partial charge in [-0.15, -0.1) is 11.3 Å². The highest BCUT2D eigenvalue weighted by molar-refractivity contribution is 7.89. The number of carbonyl (C=O) groups excluding carboxylic acids is 2. The van der Waals surface area contributed by atoms with E-state index in [1.54, 1.807) is 30.1 Å². The summed E-state index contributed by atoms with van der Waals surface area (Å²) in [5.41, 5.74) is 2.31. The van der Waals surface area contributed by atoms with Gasteiger partial charge in [0.05, 0.1) is 9.90 Å². The Kier molecular flexibility index (Phi) is 6.46. The minimum Gasteiger partial charge on any atom is -0.337 e. The standard InChI is InChI=1S/C24H23N3O4S2/c1-3-22(28)25-23-13-19-15-27(16-21(19)32-23)33(30,31)20-11-9-18(10-12-20)24(29)26(2)14-17-7-5-4-6-8-17/h3-13H,1,14-16H2,2H3,(H,25,28). The van der Waals surface area contributed by atoms with Crippen LogP contribution in [-0.4, -0.2) is 36.5 Å². The van der Waals surface area contributed by atoms with Gasteiger partial charge in [0.2, 0.25) is 15.9 Å². The Morgan fingerprint density at radius 1 is 1.12 bits per heavy atom. The smallest absolute Gasteiger partial charge is 0.253 e. The fourth-order valence-corrected chi connectivity index (χ4v) is 6.17. The Bertz CT molecular complexity index is 1280. The molecule has 2 heterocycles. The Labute approximate surface area is 197 Å². The van der Waals surface area contributed by atoms with Gasteiger partial charge in [-0.25, -0.2) is 8.42 Å². The minimum absolute atomic E-state index is 0.139. The molecule has 0 bridgehead atoms. The van der Waals surface area contributed by atoms with Crippen molar-refractivity contribution in [2.24, 2.45) is 0 Å². The fourth-order valence-electron chi connectivity index (χ4n) is 3.61. The first-order chi connectivity index (χ1) is 15.8. The van der Waals surface area contributed by atoms with E-state index in [0.717, 1.165) is 16.0 Å². The molecule has 0 spiro atoms. The molecule has 2 aromatic carbocycles. The van der Waals surface area contributed by atoms with Crippen LogP contribution in [0.25, 0.3) is 0 Å². The SMILES string of the molecule is C=CC(=O)Nc1cc2c(s1)CN(S(=O)(=O)c1ccc(C(=O)N(C)Cc3ccccc3)cc1)C2. The lowest BCUT2D eigenvalue weighted by molar-refractivity contribution is -0.111. The molecule has 1 aromatic heterocycles. The number of rotatable bonds is 7. The van der Waals surface area contributed by atoms with Crippen molar-refractivity contribution >= 4 is 38.2 Å². The zero-order valence-electron chi connectivity index (χ0n) is 18.0. The molecule has 0 atom stereocenters. The number of hydrogen-bond donors (Lipinski definition) is 1. The van der Waals surface area contributed by atoms with Crippen LogP contribution in [0.4, 0.5) is 5.00 Å². The summed E-state index contributed by atoms with van der Waals surface area (Å²) in [6.07, 6.45) is 1.19. The maximum absolute atomic E-state index is 13.1. The lowest BCUT2D eigenvalue weighted by atomic mass is 10.1. The van der Waals surface area contributed by atoms with Crippen molar-refractivity contribution in [1.29, 1.82) is 0 Å². The largest absolute Gasteiger partial charge is 0.337 e. The Balaban J connectivity index is 1.43. The molecule has 9 heteroatoms. The van der Waals surface area contributed by atoms with Gasteiger partial charge in [-0.05, 0) is 47.5 Å². The normalized spacial score (nSPS) is 13.4. The van der Waals surface area contributed by atoms with E-state index < -0.39 is 10.0 Å². The van der Waals surface area contributed by atoms with Crippen molar-refractivity contribution in [2.75, 3.05) is 12.4 Å². The molecule has 4 rings (SSSR count). The van der Waals surface area contributed by atoms with Crippen LogP contribution in [0.15, 0.2) is 78.2 Å². The van der Waals surface area contributed by atoms with E-state index in [0.29, 0.717) is 17.1 Å². The zero-order chi connectivity index (χ0) is 23.6. The van der Waals surface area contributed by atoms with Gasteiger partial charge in [0.1, 0.15) is 0 Å². The Morgan fingerprint density at radius 2 is 1.82 bits per heavy atom. The number of anilines is 1. The Morgan fingerprint density at radius 3 is 2.45 bits per heavy atom. The van der Waals surface area contributed by atoms with Crippen molar-refractivity contribution in [3.8, 4) is 0 Å². The second kappa shape index (κ2) is 9.30. The van der Waals surface area contributed by atoms with Crippen LogP contribution in [0.3, 0.4) is 0 Å². The maximum atomic E-state index is 13.1. The molecule has 1 N–H and O–H groups in total. The van der Waals surface area contributed by atoms with Gasteiger partial charge < -0.3 is 10.2 Å². The number of carbonyl (C=O) groups is 2. The monoisotopic (exact) mass is 481 g/mol. The van der Waals surface area contributed by atoms with Crippen molar-refractivity contribution in [3.63, 3.8) is 0 Å². The van der Waals surface area contributed by atoms with Crippen molar-refractivity contribution in [3.05, 3.63) is 94.9 Å². The van der Waals surface area contributed by atoms with Crippen molar-refractivity contribution in [2.45, 2.75) is 24.5 Å². The van der Waals surface area contributed by atoms with E-state index in [-0.39, 0.29) is 29.8 Å². The van der Waals surface area contributed by atoms with Crippen LogP contribution in [0, 0.1) is 0 Å². The van der Waals surface area contributed by atoms with Crippen LogP contribution in [0.5, 0.6) is 0 Å². The van der Waals surface area contributed by atoms with Crippen molar-refractivity contribution in [1.82, 2.24) is 9.21 Å². The van der Waals surface area contributed by atoms with Gasteiger partial charge in [0.15, 0.2) is 0 Å². The first-order valence-electron chi connectivity index (χ1n) is 10.2. The summed E-state index contributed by atoms with van der Waals surface area (Å²) in [6, 6.07) is 17.5. The molecular weight excluding hydrogens is 458 g/mol. The highest BCUT2D eigenvalue weighted by atomic mass is 32.2. The zero-order valence-corrected chi connectivity index (χ0v) is 19.7. The highest BCUT2D eigenvalue weighted by Crippen LogP contribution is 2.36. The molecule has 1 aliphatic rings. The highest BCUT2D eigenvalue weighted by Gasteiger charge is 2.32. The van der Waals surface area contributed by atoms with E-state index in [1.165, 1.54) is 33.9 Å². The number of thiophene rings is 1. The summed E-state index contributed by atoms with van der Waals surface area (Å²) < 4.78 is 27.6. The number of sulfonamides is 1. The summed E-state index contributed by atoms with van der Waals surface area (Å²) in [5, 5.41) is 3.38. The first-order valence-corrected chi connectivity index (χ1v) is 12.5. The molecule has 2 amide bonds. The topological polar surface area (TPSA) is 86.8 Å². The second-order valence-electron chi connectivity index (χ2n) is 7.70. The molecule has 0 radical (unpaired) electrons. The average Bonchev–Trinajstić information content (AvgIpc) is 3.38. The molecule has 1 aliphatic heterocycles. The molecule has 0 saturated heterocycles. The fraction of sp³-hybridized carbons (Fsp3) is 0.167. The molecule has 7 nitrogen and oxygen atoms in total. The van der Waals surface area contributed by atoms with E-state index in [4.69, 9.17) is 0 Å². The third-order valence-electron chi connectivity index (χ3n) is 5.34. The maximum Gasteiger partial charge on any atom is 0.253 e. The van der Waals surface area contributed by atoms with Crippen LogP contribution in [-0.2, 0) is 34.5 Å². The van der Waals surface area contributed by atoms with Gasteiger partial charge in [-0.1, -0.05) is 36.9 Å². The van der Waals surface area contributed by atoms with Gasteiger partial charge >= 0.3 is 0 Å². The lowest BCUT2D eigenvalue weighted by Gasteiger charge is -2.18. The average molecular weight is 482 g/mol. The minimum atomic E-state index is -3.72. The number of nitrogens with zero attached hydrogens (tertiary/aromatic N) is 2. The molecule has 0 saturated carbocycles. The molecule has 170 valence electrons.